The second kappa shape index (κ2) is 7.71. The molecule has 8 heteroatoms. The van der Waals surface area contributed by atoms with Crippen LogP contribution in [0.5, 0.6) is 0 Å². The molecule has 2 amide bonds. The largest absolute Gasteiger partial charge is 0.382 e. The van der Waals surface area contributed by atoms with Crippen LogP contribution in [-0.2, 0) is 28.7 Å². The second-order valence-corrected chi connectivity index (χ2v) is 3.09. The topological polar surface area (TPSA) is 117 Å². The Morgan fingerprint density at radius 1 is 1.24 bits per heavy atom. The highest BCUT2D eigenvalue weighted by molar-refractivity contribution is 6.01. The maximum absolute atomic E-state index is 11.1. The van der Waals surface area contributed by atoms with Crippen LogP contribution in [0, 0.1) is 0 Å². The summed E-state index contributed by atoms with van der Waals surface area (Å²) in [6.45, 7) is 0.281. The predicted molar refractivity (Wildman–Crippen MR) is 54.9 cm³/mol. The van der Waals surface area contributed by atoms with Gasteiger partial charge in [-0.1, -0.05) is 0 Å². The summed E-state index contributed by atoms with van der Waals surface area (Å²) in [5, 5.41) is 0.488. The van der Waals surface area contributed by atoms with Gasteiger partial charge in [0.2, 0.25) is 0 Å². The Hall–Kier alpha value is -1.51. The van der Waals surface area contributed by atoms with Crippen molar-refractivity contribution in [1.82, 2.24) is 11.2 Å². The van der Waals surface area contributed by atoms with Gasteiger partial charge in [-0.2, -0.15) is 0 Å². The van der Waals surface area contributed by atoms with Crippen LogP contribution in [0.1, 0.15) is 12.8 Å². The normalized spacial score (nSPS) is 14.8. The molecule has 98 valence electrons. The van der Waals surface area contributed by atoms with Gasteiger partial charge in [0.05, 0.1) is 13.2 Å². The summed E-state index contributed by atoms with van der Waals surface area (Å²) >= 11 is 0. The Labute approximate surface area is 98.3 Å². The molecule has 0 bridgehead atoms. The number of hydroxylamine groups is 2. The zero-order valence-corrected chi connectivity index (χ0v) is 9.64. The molecule has 0 atom stereocenters. The van der Waals surface area contributed by atoms with E-state index in [0.29, 0.717) is 11.7 Å². The van der Waals surface area contributed by atoms with E-state index < -0.39 is 17.8 Å². The molecule has 0 radical (unpaired) electrons. The van der Waals surface area contributed by atoms with Crippen LogP contribution in [0.4, 0.5) is 0 Å². The van der Waals surface area contributed by atoms with Crippen LogP contribution in [-0.4, -0.2) is 49.8 Å². The van der Waals surface area contributed by atoms with Crippen LogP contribution in [0.25, 0.3) is 0 Å². The molecule has 17 heavy (non-hydrogen) atoms. The lowest BCUT2D eigenvalue weighted by Gasteiger charge is -2.12. The molecule has 1 aliphatic rings. The monoisotopic (exact) mass is 248 g/mol. The number of ether oxygens (including phenoxy) is 2. The summed E-state index contributed by atoms with van der Waals surface area (Å²) in [6.07, 6.45) is 0.160. The van der Waals surface area contributed by atoms with Crippen molar-refractivity contribution in [3.05, 3.63) is 0 Å². The van der Waals surface area contributed by atoms with E-state index in [1.165, 1.54) is 7.11 Å². The van der Waals surface area contributed by atoms with Crippen LogP contribution < -0.4 is 6.15 Å². The fourth-order valence-corrected chi connectivity index (χ4v) is 1.08. The molecule has 8 nitrogen and oxygen atoms in total. The molecule has 0 spiro atoms. The molecule has 0 aromatic heterocycles. The lowest BCUT2D eigenvalue weighted by Crippen LogP contribution is -2.33. The van der Waals surface area contributed by atoms with E-state index in [4.69, 9.17) is 9.47 Å². The van der Waals surface area contributed by atoms with Gasteiger partial charge in [-0.05, 0) is 0 Å². The highest BCUT2D eigenvalue weighted by atomic mass is 16.7. The number of carbonyl (C=O) groups is 3. The van der Waals surface area contributed by atoms with Gasteiger partial charge in [-0.25, -0.2) is 4.79 Å². The van der Waals surface area contributed by atoms with Crippen LogP contribution >= 0.6 is 0 Å². The van der Waals surface area contributed by atoms with Gasteiger partial charge in [0.1, 0.15) is 6.61 Å². The average molecular weight is 248 g/mol. The van der Waals surface area contributed by atoms with Crippen molar-refractivity contribution in [3.63, 3.8) is 0 Å². The van der Waals surface area contributed by atoms with E-state index in [1.54, 1.807) is 0 Å². The van der Waals surface area contributed by atoms with Gasteiger partial charge < -0.3 is 20.5 Å². The Balaban J connectivity index is 0.00000256. The first-order valence-electron chi connectivity index (χ1n) is 4.78. The van der Waals surface area contributed by atoms with Crippen molar-refractivity contribution in [3.8, 4) is 0 Å². The number of hydrogen-bond acceptors (Lipinski definition) is 7. The number of hydrogen-bond donors (Lipinski definition) is 1. The summed E-state index contributed by atoms with van der Waals surface area (Å²) in [4.78, 5) is 37.8. The van der Waals surface area contributed by atoms with Crippen molar-refractivity contribution in [2.24, 2.45) is 0 Å². The summed E-state index contributed by atoms with van der Waals surface area (Å²) in [6, 6.07) is 0. The minimum Gasteiger partial charge on any atom is -0.382 e. The van der Waals surface area contributed by atoms with E-state index in [0.717, 1.165) is 0 Å². The van der Waals surface area contributed by atoms with Crippen LogP contribution in [0.2, 0.25) is 0 Å². The molecular formula is C9H16N2O6. The molecule has 1 aliphatic heterocycles. The van der Waals surface area contributed by atoms with E-state index in [9.17, 15) is 14.4 Å². The molecule has 0 aromatic carbocycles. The van der Waals surface area contributed by atoms with E-state index in [1.807, 2.05) is 0 Å². The number of nitrogens with zero attached hydrogens (tertiary/aromatic N) is 1. The molecule has 0 aromatic rings. The van der Waals surface area contributed by atoms with Gasteiger partial charge in [-0.3, -0.25) is 9.59 Å². The third-order valence-electron chi connectivity index (χ3n) is 1.85. The molecule has 0 aliphatic carbocycles. The van der Waals surface area contributed by atoms with Crippen molar-refractivity contribution in [2.45, 2.75) is 12.8 Å². The maximum atomic E-state index is 11.1. The van der Waals surface area contributed by atoms with Crippen molar-refractivity contribution in [1.29, 1.82) is 0 Å². The zero-order chi connectivity index (χ0) is 12.0. The van der Waals surface area contributed by atoms with E-state index >= 15 is 0 Å². The quantitative estimate of drug-likeness (QED) is 0.493. The number of rotatable bonds is 6. The number of amides is 2. The first-order valence-corrected chi connectivity index (χ1v) is 4.78. The first kappa shape index (κ1) is 15.5. The number of imide groups is 1. The number of carbonyl (C=O) groups excluding carboxylic acids is 3. The van der Waals surface area contributed by atoms with Crippen LogP contribution in [0.3, 0.4) is 0 Å². The zero-order valence-electron chi connectivity index (χ0n) is 9.64. The summed E-state index contributed by atoms with van der Waals surface area (Å²) in [5.41, 5.74) is 0. The highest BCUT2D eigenvalue weighted by Gasteiger charge is 2.32. The lowest BCUT2D eigenvalue weighted by atomic mass is 10.4. The van der Waals surface area contributed by atoms with Gasteiger partial charge in [0.25, 0.3) is 11.8 Å². The summed E-state index contributed by atoms with van der Waals surface area (Å²) in [7, 11) is 1.50. The minimum absolute atomic E-state index is 0. The van der Waals surface area contributed by atoms with Gasteiger partial charge in [0, 0.05) is 20.0 Å². The van der Waals surface area contributed by atoms with E-state index in [-0.39, 0.29) is 32.2 Å². The highest BCUT2D eigenvalue weighted by Crippen LogP contribution is 2.11. The third kappa shape index (κ3) is 4.89. The Morgan fingerprint density at radius 3 is 2.35 bits per heavy atom. The molecule has 1 fully saturated rings. The number of methoxy groups -OCH3 is 1. The molecule has 0 saturated carbocycles. The lowest BCUT2D eigenvalue weighted by molar-refractivity contribution is -0.200. The van der Waals surface area contributed by atoms with Gasteiger partial charge in [0.15, 0.2) is 0 Å². The first-order chi connectivity index (χ1) is 7.65. The third-order valence-corrected chi connectivity index (χ3v) is 1.85. The Bertz CT molecular complexity index is 277. The summed E-state index contributed by atoms with van der Waals surface area (Å²) in [5.74, 6) is -1.79. The molecule has 3 N–H and O–H groups in total. The fourth-order valence-electron chi connectivity index (χ4n) is 1.08. The van der Waals surface area contributed by atoms with Crippen molar-refractivity contribution >= 4 is 17.8 Å². The Morgan fingerprint density at radius 2 is 1.82 bits per heavy atom. The SMILES string of the molecule is COCCOCC(=O)ON1C(=O)CCC1=O.N. The molecular weight excluding hydrogens is 232 g/mol. The van der Waals surface area contributed by atoms with Crippen molar-refractivity contribution < 1.29 is 28.7 Å². The predicted octanol–water partition coefficient (Wildman–Crippen LogP) is -0.581. The second-order valence-electron chi connectivity index (χ2n) is 3.09. The van der Waals surface area contributed by atoms with Gasteiger partial charge in [-0.15, -0.1) is 5.06 Å². The minimum atomic E-state index is -0.778. The van der Waals surface area contributed by atoms with E-state index in [2.05, 4.69) is 4.84 Å². The average Bonchev–Trinajstić information content (AvgIpc) is 2.56. The summed E-state index contributed by atoms with van der Waals surface area (Å²) < 4.78 is 9.56. The molecule has 1 saturated heterocycles. The van der Waals surface area contributed by atoms with Crippen LogP contribution in [0.15, 0.2) is 0 Å². The smallest absolute Gasteiger partial charge is 0.358 e. The Kier molecular flexibility index (Phi) is 7.03. The molecule has 1 rings (SSSR count). The molecule has 0 unspecified atom stereocenters. The maximum Gasteiger partial charge on any atom is 0.358 e. The molecule has 1 heterocycles. The van der Waals surface area contributed by atoms with Gasteiger partial charge >= 0.3 is 5.97 Å². The van der Waals surface area contributed by atoms with Crippen molar-refractivity contribution in [2.75, 3.05) is 26.9 Å². The fraction of sp³-hybridized carbons (Fsp3) is 0.667. The standard InChI is InChI=1S/C9H13NO6.H3N/c1-14-4-5-15-6-9(13)16-10-7(11)2-3-8(10)12;/h2-6H2,1H3;1H3.